The molecule has 0 unspecified atom stereocenters. The summed E-state index contributed by atoms with van der Waals surface area (Å²) in [7, 11) is 0. The predicted octanol–water partition coefficient (Wildman–Crippen LogP) is 2.60. The van der Waals surface area contributed by atoms with Crippen molar-refractivity contribution in [2.24, 2.45) is 0 Å². The van der Waals surface area contributed by atoms with Gasteiger partial charge < -0.3 is 9.47 Å². The molecule has 0 amide bonds. The van der Waals surface area contributed by atoms with Crippen molar-refractivity contribution < 1.29 is 9.47 Å². The van der Waals surface area contributed by atoms with Crippen LogP contribution in [0.25, 0.3) is 0 Å². The quantitative estimate of drug-likeness (QED) is 0.831. The molecule has 1 aromatic rings. The van der Waals surface area contributed by atoms with E-state index in [2.05, 4.69) is 30.8 Å². The molecule has 2 aliphatic rings. The van der Waals surface area contributed by atoms with Crippen LogP contribution >= 0.6 is 12.6 Å². The SMILES string of the molecule is SCCC1(c2ccc3c(c2)CCCO3)COC1. The molecule has 0 saturated carbocycles. The molecule has 17 heavy (non-hydrogen) atoms. The summed E-state index contributed by atoms with van der Waals surface area (Å²) >= 11 is 4.37. The van der Waals surface area contributed by atoms with Gasteiger partial charge in [0.2, 0.25) is 0 Å². The van der Waals surface area contributed by atoms with Crippen LogP contribution in [0.5, 0.6) is 5.75 Å². The fourth-order valence-corrected chi connectivity index (χ4v) is 3.14. The summed E-state index contributed by atoms with van der Waals surface area (Å²) in [5.74, 6) is 1.98. The van der Waals surface area contributed by atoms with Crippen LogP contribution in [0.15, 0.2) is 18.2 Å². The van der Waals surface area contributed by atoms with Crippen molar-refractivity contribution in [1.82, 2.24) is 0 Å². The molecule has 1 fully saturated rings. The number of benzene rings is 1. The van der Waals surface area contributed by atoms with E-state index in [4.69, 9.17) is 9.47 Å². The molecule has 0 N–H and O–H groups in total. The lowest BCUT2D eigenvalue weighted by Crippen LogP contribution is -2.47. The van der Waals surface area contributed by atoms with Gasteiger partial charge in [-0.1, -0.05) is 12.1 Å². The molecule has 0 aliphatic carbocycles. The van der Waals surface area contributed by atoms with Crippen LogP contribution in [0.1, 0.15) is 24.0 Å². The number of rotatable bonds is 3. The largest absolute Gasteiger partial charge is 0.493 e. The average Bonchev–Trinajstić information content (AvgIpc) is 2.33. The Kier molecular flexibility index (Phi) is 3.05. The van der Waals surface area contributed by atoms with Crippen molar-refractivity contribution in [2.45, 2.75) is 24.7 Å². The molecule has 0 radical (unpaired) electrons. The summed E-state index contributed by atoms with van der Waals surface area (Å²) in [4.78, 5) is 0. The molecule has 3 rings (SSSR count). The minimum absolute atomic E-state index is 0.216. The summed E-state index contributed by atoms with van der Waals surface area (Å²) in [6.07, 6.45) is 3.36. The van der Waals surface area contributed by atoms with Gasteiger partial charge in [-0.05, 0) is 42.2 Å². The van der Waals surface area contributed by atoms with Gasteiger partial charge >= 0.3 is 0 Å². The van der Waals surface area contributed by atoms with E-state index in [1.54, 1.807) is 0 Å². The van der Waals surface area contributed by atoms with Gasteiger partial charge in [0.05, 0.1) is 19.8 Å². The highest BCUT2D eigenvalue weighted by atomic mass is 32.1. The lowest BCUT2D eigenvalue weighted by molar-refractivity contribution is -0.0614. The molecule has 1 saturated heterocycles. The molecule has 0 atom stereocenters. The number of fused-ring (bicyclic) bond motifs is 1. The van der Waals surface area contributed by atoms with E-state index < -0.39 is 0 Å². The summed E-state index contributed by atoms with van der Waals surface area (Å²) in [5.41, 5.74) is 2.98. The average molecular weight is 250 g/mol. The Morgan fingerprint density at radius 1 is 1.29 bits per heavy atom. The van der Waals surface area contributed by atoms with Crippen LogP contribution < -0.4 is 4.74 Å². The molecular weight excluding hydrogens is 232 g/mol. The van der Waals surface area contributed by atoms with E-state index in [1.165, 1.54) is 11.1 Å². The van der Waals surface area contributed by atoms with Gasteiger partial charge in [0.1, 0.15) is 5.75 Å². The van der Waals surface area contributed by atoms with Crippen LogP contribution in [0.3, 0.4) is 0 Å². The Hall–Kier alpha value is -0.670. The van der Waals surface area contributed by atoms with Gasteiger partial charge in [0.25, 0.3) is 0 Å². The van der Waals surface area contributed by atoms with Gasteiger partial charge in [-0.25, -0.2) is 0 Å². The Labute approximate surface area is 108 Å². The highest BCUT2D eigenvalue weighted by Gasteiger charge is 2.39. The van der Waals surface area contributed by atoms with Crippen molar-refractivity contribution in [3.8, 4) is 5.75 Å². The summed E-state index contributed by atoms with van der Waals surface area (Å²) in [6, 6.07) is 6.65. The number of aryl methyl sites for hydroxylation is 1. The van der Waals surface area contributed by atoms with Gasteiger partial charge in [0, 0.05) is 5.41 Å². The van der Waals surface area contributed by atoms with Crippen molar-refractivity contribution >= 4 is 12.6 Å². The maximum Gasteiger partial charge on any atom is 0.122 e. The van der Waals surface area contributed by atoms with E-state index in [0.29, 0.717) is 0 Å². The van der Waals surface area contributed by atoms with Crippen LogP contribution in [0, 0.1) is 0 Å². The zero-order valence-corrected chi connectivity index (χ0v) is 10.8. The van der Waals surface area contributed by atoms with Crippen LogP contribution in [0.4, 0.5) is 0 Å². The van der Waals surface area contributed by atoms with Crippen LogP contribution in [0.2, 0.25) is 0 Å². The number of hydrogen-bond acceptors (Lipinski definition) is 3. The molecular formula is C14H18O2S. The second-order valence-corrected chi connectivity index (χ2v) is 5.47. The number of thiol groups is 1. The first-order chi connectivity index (χ1) is 8.34. The first-order valence-corrected chi connectivity index (χ1v) is 6.92. The zero-order chi connectivity index (χ0) is 11.7. The van der Waals surface area contributed by atoms with Gasteiger partial charge in [-0.15, -0.1) is 0 Å². The molecule has 2 heterocycles. The topological polar surface area (TPSA) is 18.5 Å². The Morgan fingerprint density at radius 2 is 2.18 bits per heavy atom. The Balaban J connectivity index is 1.92. The van der Waals surface area contributed by atoms with Crippen molar-refractivity contribution in [3.63, 3.8) is 0 Å². The maximum atomic E-state index is 5.66. The third kappa shape index (κ3) is 1.95. The second kappa shape index (κ2) is 4.54. The summed E-state index contributed by atoms with van der Waals surface area (Å²) < 4.78 is 11.1. The van der Waals surface area contributed by atoms with Gasteiger partial charge in [-0.3, -0.25) is 0 Å². The lowest BCUT2D eigenvalue weighted by Gasteiger charge is -2.42. The smallest absolute Gasteiger partial charge is 0.122 e. The standard InChI is InChI=1S/C14H18O2S/c17-7-5-14(9-15-10-14)12-3-4-13-11(8-12)2-1-6-16-13/h3-4,8,17H,1-2,5-7,9-10H2. The van der Waals surface area contributed by atoms with Crippen LogP contribution in [-0.2, 0) is 16.6 Å². The monoisotopic (exact) mass is 250 g/mol. The fourth-order valence-electron chi connectivity index (χ4n) is 2.71. The molecule has 0 aromatic heterocycles. The maximum absolute atomic E-state index is 5.66. The Morgan fingerprint density at radius 3 is 2.88 bits per heavy atom. The lowest BCUT2D eigenvalue weighted by atomic mass is 9.75. The molecule has 3 heteroatoms. The normalized spacial score (nSPS) is 21.2. The van der Waals surface area contributed by atoms with Crippen molar-refractivity contribution in [2.75, 3.05) is 25.6 Å². The molecule has 2 nitrogen and oxygen atoms in total. The summed E-state index contributed by atoms with van der Waals surface area (Å²) in [5, 5.41) is 0. The predicted molar refractivity (Wildman–Crippen MR) is 71.2 cm³/mol. The van der Waals surface area contributed by atoms with E-state index in [-0.39, 0.29) is 5.41 Å². The van der Waals surface area contributed by atoms with E-state index >= 15 is 0 Å². The van der Waals surface area contributed by atoms with E-state index in [0.717, 1.165) is 50.6 Å². The minimum atomic E-state index is 0.216. The number of ether oxygens (including phenoxy) is 2. The van der Waals surface area contributed by atoms with E-state index in [9.17, 15) is 0 Å². The third-order valence-corrected chi connectivity index (χ3v) is 4.09. The van der Waals surface area contributed by atoms with Crippen molar-refractivity contribution in [1.29, 1.82) is 0 Å². The second-order valence-electron chi connectivity index (χ2n) is 5.02. The minimum Gasteiger partial charge on any atom is -0.493 e. The fraction of sp³-hybridized carbons (Fsp3) is 0.571. The van der Waals surface area contributed by atoms with Gasteiger partial charge in [-0.2, -0.15) is 12.6 Å². The first-order valence-electron chi connectivity index (χ1n) is 6.29. The van der Waals surface area contributed by atoms with Gasteiger partial charge in [0.15, 0.2) is 0 Å². The summed E-state index contributed by atoms with van der Waals surface area (Å²) in [6.45, 7) is 2.54. The zero-order valence-electron chi connectivity index (χ0n) is 9.95. The van der Waals surface area contributed by atoms with E-state index in [1.807, 2.05) is 0 Å². The molecule has 92 valence electrons. The molecule has 0 spiro atoms. The Bertz CT molecular complexity index is 413. The third-order valence-electron chi connectivity index (χ3n) is 3.87. The first kappa shape index (κ1) is 11.4. The molecule has 2 aliphatic heterocycles. The number of hydrogen-bond donors (Lipinski definition) is 1. The molecule has 1 aromatic carbocycles. The molecule has 0 bridgehead atoms. The van der Waals surface area contributed by atoms with Crippen molar-refractivity contribution in [3.05, 3.63) is 29.3 Å². The highest BCUT2D eigenvalue weighted by Crippen LogP contribution is 2.38. The van der Waals surface area contributed by atoms with Crippen LogP contribution in [-0.4, -0.2) is 25.6 Å². The highest BCUT2D eigenvalue weighted by molar-refractivity contribution is 7.80.